The highest BCUT2D eigenvalue weighted by Crippen LogP contribution is 2.26. The van der Waals surface area contributed by atoms with E-state index >= 15 is 0 Å². The quantitative estimate of drug-likeness (QED) is 0.191. The highest BCUT2D eigenvalue weighted by atomic mass is 35.5. The van der Waals surface area contributed by atoms with Crippen LogP contribution in [-0.4, -0.2) is 49.6 Å². The minimum Gasteiger partial charge on any atom is -0.457 e. The zero-order valence-corrected chi connectivity index (χ0v) is 26.1. The van der Waals surface area contributed by atoms with Crippen molar-refractivity contribution in [3.63, 3.8) is 0 Å². The van der Waals surface area contributed by atoms with Crippen molar-refractivity contribution in [3.8, 4) is 11.5 Å². The number of urea groups is 1. The molecule has 0 atom stereocenters. The number of amides is 2. The first-order valence-electron chi connectivity index (χ1n) is 13.6. The van der Waals surface area contributed by atoms with E-state index in [2.05, 4.69) is 14.9 Å². The molecule has 0 radical (unpaired) electrons. The van der Waals surface area contributed by atoms with Crippen LogP contribution in [0, 0.1) is 5.82 Å². The van der Waals surface area contributed by atoms with Crippen molar-refractivity contribution < 1.29 is 22.3 Å². The minimum absolute atomic E-state index is 0. The molecule has 43 heavy (non-hydrogen) atoms. The Morgan fingerprint density at radius 1 is 0.953 bits per heavy atom. The summed E-state index contributed by atoms with van der Waals surface area (Å²) in [6.45, 7) is 3.06. The Bertz CT molecular complexity index is 1560. The molecule has 0 unspecified atom stereocenters. The SMILES string of the molecule is CS(=O)(=O)Nc1ccc(Oc2ccc(CN3CCC(N(Cc4cccs4)C(=O)Nc4ccc(F)cc4)CC3)cc2)cc1.Cl. The van der Waals surface area contributed by atoms with E-state index in [9.17, 15) is 17.6 Å². The zero-order valence-electron chi connectivity index (χ0n) is 23.6. The fourth-order valence-corrected chi connectivity index (χ4v) is 6.18. The number of thiophene rings is 1. The molecule has 0 spiro atoms. The second-order valence-corrected chi connectivity index (χ2v) is 13.1. The van der Waals surface area contributed by atoms with Crippen molar-refractivity contribution in [2.24, 2.45) is 0 Å². The van der Waals surface area contributed by atoms with Crippen LogP contribution in [0.4, 0.5) is 20.6 Å². The van der Waals surface area contributed by atoms with Crippen LogP contribution in [0.25, 0.3) is 0 Å². The molecule has 0 saturated carbocycles. The molecule has 228 valence electrons. The number of ether oxygens (including phenoxy) is 1. The maximum Gasteiger partial charge on any atom is 0.322 e. The lowest BCUT2D eigenvalue weighted by Crippen LogP contribution is -2.48. The van der Waals surface area contributed by atoms with E-state index in [-0.39, 0.29) is 30.3 Å². The van der Waals surface area contributed by atoms with E-state index in [0.717, 1.165) is 49.2 Å². The molecule has 3 aromatic carbocycles. The van der Waals surface area contributed by atoms with Crippen molar-refractivity contribution in [3.05, 3.63) is 107 Å². The molecule has 1 fully saturated rings. The van der Waals surface area contributed by atoms with Crippen molar-refractivity contribution >= 4 is 51.2 Å². The number of halogens is 2. The zero-order chi connectivity index (χ0) is 29.5. The van der Waals surface area contributed by atoms with Gasteiger partial charge in [0.25, 0.3) is 0 Å². The predicted octanol–water partition coefficient (Wildman–Crippen LogP) is 7.17. The largest absolute Gasteiger partial charge is 0.457 e. The third kappa shape index (κ3) is 9.69. The van der Waals surface area contributed by atoms with Crippen molar-refractivity contribution in [2.45, 2.75) is 32.0 Å². The number of hydrogen-bond donors (Lipinski definition) is 2. The summed E-state index contributed by atoms with van der Waals surface area (Å²) in [6.07, 6.45) is 2.82. The Labute approximate surface area is 261 Å². The van der Waals surface area contributed by atoms with Gasteiger partial charge in [0.05, 0.1) is 12.8 Å². The second kappa shape index (κ2) is 14.7. The number of carbonyl (C=O) groups excluding carboxylic acids is 1. The number of nitrogens with zero attached hydrogens (tertiary/aromatic N) is 2. The average molecular weight is 645 g/mol. The number of anilines is 2. The molecule has 1 aliphatic heterocycles. The molecular weight excluding hydrogens is 611 g/mol. The van der Waals surface area contributed by atoms with Gasteiger partial charge in [0, 0.05) is 41.9 Å². The summed E-state index contributed by atoms with van der Waals surface area (Å²) in [4.78, 5) is 18.7. The molecule has 2 heterocycles. The number of rotatable bonds is 10. The van der Waals surface area contributed by atoms with Gasteiger partial charge < -0.3 is 15.0 Å². The van der Waals surface area contributed by atoms with Crippen LogP contribution >= 0.6 is 23.7 Å². The number of piperidine rings is 1. The smallest absolute Gasteiger partial charge is 0.322 e. The van der Waals surface area contributed by atoms with Crippen molar-refractivity contribution in [1.29, 1.82) is 0 Å². The number of nitrogens with one attached hydrogen (secondary N) is 2. The fraction of sp³-hybridized carbons (Fsp3) is 0.258. The van der Waals surface area contributed by atoms with E-state index in [4.69, 9.17) is 4.74 Å². The Balaban J connectivity index is 0.00000423. The molecule has 12 heteroatoms. The summed E-state index contributed by atoms with van der Waals surface area (Å²) in [7, 11) is -3.33. The molecule has 8 nitrogen and oxygen atoms in total. The van der Waals surface area contributed by atoms with Gasteiger partial charge in [-0.3, -0.25) is 9.62 Å². The van der Waals surface area contributed by atoms with Gasteiger partial charge in [-0.15, -0.1) is 23.7 Å². The summed E-state index contributed by atoms with van der Waals surface area (Å²) in [5.74, 6) is 0.964. The van der Waals surface area contributed by atoms with Gasteiger partial charge in [0.2, 0.25) is 10.0 Å². The molecule has 1 saturated heterocycles. The first-order valence-corrected chi connectivity index (χ1v) is 16.4. The maximum atomic E-state index is 13.3. The fourth-order valence-electron chi connectivity index (χ4n) is 4.92. The monoisotopic (exact) mass is 644 g/mol. The van der Waals surface area contributed by atoms with Crippen LogP contribution < -0.4 is 14.8 Å². The molecule has 1 aliphatic rings. The standard InChI is InChI=1S/C31H33FN4O4S2.ClH/c1-42(38,39)34-26-10-14-29(15-11-26)40-28-12-4-23(5-13-28)21-35-18-16-27(17-19-35)36(22-30-3-2-20-41-30)31(37)33-25-8-6-24(32)7-9-25;/h2-15,20,27,34H,16-19,21-22H2,1H3,(H,33,37);1H. The van der Waals surface area contributed by atoms with Gasteiger partial charge in [-0.05, 0) is 90.5 Å². The minimum atomic E-state index is -3.33. The second-order valence-electron chi connectivity index (χ2n) is 10.3. The molecule has 1 aromatic heterocycles. The third-order valence-corrected chi connectivity index (χ3v) is 8.45. The summed E-state index contributed by atoms with van der Waals surface area (Å²) in [5, 5.41) is 4.95. The Kier molecular flexibility index (Phi) is 11.0. The van der Waals surface area contributed by atoms with Crippen LogP contribution in [0.2, 0.25) is 0 Å². The predicted molar refractivity (Wildman–Crippen MR) is 172 cm³/mol. The van der Waals surface area contributed by atoms with E-state index in [1.165, 1.54) is 12.1 Å². The highest BCUT2D eigenvalue weighted by Gasteiger charge is 2.28. The third-order valence-electron chi connectivity index (χ3n) is 6.98. The first-order chi connectivity index (χ1) is 20.2. The van der Waals surface area contributed by atoms with Gasteiger partial charge in [-0.25, -0.2) is 17.6 Å². The number of benzene rings is 3. The summed E-state index contributed by atoms with van der Waals surface area (Å²) >= 11 is 1.63. The van der Waals surface area contributed by atoms with Gasteiger partial charge in [0.1, 0.15) is 17.3 Å². The summed E-state index contributed by atoms with van der Waals surface area (Å²) < 4.78 is 44.4. The normalized spacial score (nSPS) is 14.0. The molecule has 0 bridgehead atoms. The van der Waals surface area contributed by atoms with Crippen molar-refractivity contribution in [1.82, 2.24) is 9.80 Å². The van der Waals surface area contributed by atoms with E-state index in [1.54, 1.807) is 47.7 Å². The topological polar surface area (TPSA) is 91.0 Å². The number of hydrogen-bond acceptors (Lipinski definition) is 6. The van der Waals surface area contributed by atoms with Crippen LogP contribution in [0.5, 0.6) is 11.5 Å². The molecule has 2 N–H and O–H groups in total. The number of carbonyl (C=O) groups is 1. The van der Waals surface area contributed by atoms with E-state index < -0.39 is 10.0 Å². The lowest BCUT2D eigenvalue weighted by molar-refractivity contribution is 0.120. The molecular formula is C31H34ClFN4O4S2. The Morgan fingerprint density at radius 2 is 1.56 bits per heavy atom. The number of likely N-dealkylation sites (tertiary alicyclic amines) is 1. The number of sulfonamides is 1. The van der Waals surface area contributed by atoms with Gasteiger partial charge in [-0.1, -0.05) is 18.2 Å². The van der Waals surface area contributed by atoms with E-state index in [1.807, 2.05) is 46.7 Å². The van der Waals surface area contributed by atoms with Crippen LogP contribution in [0.3, 0.4) is 0 Å². The average Bonchev–Trinajstić information content (AvgIpc) is 3.48. The molecule has 2 amide bonds. The Hall–Kier alpha value is -3.64. The molecule has 5 rings (SSSR count). The molecule has 4 aromatic rings. The first kappa shape index (κ1) is 32.3. The lowest BCUT2D eigenvalue weighted by Gasteiger charge is -2.38. The van der Waals surface area contributed by atoms with E-state index in [0.29, 0.717) is 29.4 Å². The van der Waals surface area contributed by atoms with Crippen LogP contribution in [0.15, 0.2) is 90.3 Å². The van der Waals surface area contributed by atoms with Gasteiger partial charge >= 0.3 is 6.03 Å². The van der Waals surface area contributed by atoms with Crippen LogP contribution in [0.1, 0.15) is 23.3 Å². The highest BCUT2D eigenvalue weighted by molar-refractivity contribution is 7.92. The van der Waals surface area contributed by atoms with Crippen molar-refractivity contribution in [2.75, 3.05) is 29.4 Å². The van der Waals surface area contributed by atoms with Gasteiger partial charge in [0.15, 0.2) is 0 Å². The summed E-state index contributed by atoms with van der Waals surface area (Å²) in [5.41, 5.74) is 2.22. The van der Waals surface area contributed by atoms with Crippen LogP contribution in [-0.2, 0) is 23.1 Å². The lowest BCUT2D eigenvalue weighted by atomic mass is 10.0. The summed E-state index contributed by atoms with van der Waals surface area (Å²) in [6, 6.07) is 24.5. The van der Waals surface area contributed by atoms with Gasteiger partial charge in [-0.2, -0.15) is 0 Å². The molecule has 0 aliphatic carbocycles. The Morgan fingerprint density at radius 3 is 2.14 bits per heavy atom. The maximum absolute atomic E-state index is 13.3.